The fourth-order valence-corrected chi connectivity index (χ4v) is 1.47. The van der Waals surface area contributed by atoms with E-state index < -0.39 is 5.92 Å². The van der Waals surface area contributed by atoms with Crippen LogP contribution in [0.4, 0.5) is 8.78 Å². The van der Waals surface area contributed by atoms with E-state index in [4.69, 9.17) is 4.42 Å². The van der Waals surface area contributed by atoms with Gasteiger partial charge in [0.25, 0.3) is 5.92 Å². The van der Waals surface area contributed by atoms with Crippen molar-refractivity contribution in [2.75, 3.05) is 0 Å². The number of hydrogen-bond acceptors (Lipinski definition) is 2. The zero-order valence-corrected chi connectivity index (χ0v) is 8.55. The number of fused-ring (bicyclic) bond motifs is 1. The minimum atomic E-state index is -2.79. The maximum absolute atomic E-state index is 13.4. The molecule has 4 heteroatoms. The van der Waals surface area contributed by atoms with E-state index in [9.17, 15) is 8.78 Å². The van der Waals surface area contributed by atoms with E-state index in [1.807, 2.05) is 0 Å². The minimum absolute atomic E-state index is 0.00852. The molecule has 0 amide bonds. The highest BCUT2D eigenvalue weighted by Crippen LogP contribution is 2.32. The predicted octanol–water partition coefficient (Wildman–Crippen LogP) is 3.64. The van der Waals surface area contributed by atoms with Crippen LogP contribution in [0.15, 0.2) is 22.6 Å². The first-order chi connectivity index (χ1) is 7.03. The van der Waals surface area contributed by atoms with Crippen LogP contribution in [0, 0.1) is 6.92 Å². The van der Waals surface area contributed by atoms with Gasteiger partial charge in [-0.2, -0.15) is 0 Å². The number of nitrogens with zero attached hydrogens (tertiary/aromatic N) is 1. The third-order valence-corrected chi connectivity index (χ3v) is 2.36. The lowest BCUT2D eigenvalue weighted by molar-refractivity contribution is -0.00817. The van der Waals surface area contributed by atoms with Crippen molar-refractivity contribution >= 4 is 11.1 Å². The third kappa shape index (κ3) is 1.71. The van der Waals surface area contributed by atoms with E-state index >= 15 is 0 Å². The summed E-state index contributed by atoms with van der Waals surface area (Å²) in [4.78, 5) is 4.02. The molecular weight excluding hydrogens is 200 g/mol. The van der Waals surface area contributed by atoms with Gasteiger partial charge in [0.15, 0.2) is 11.5 Å². The molecule has 2 rings (SSSR count). The van der Waals surface area contributed by atoms with Gasteiger partial charge in [-0.25, -0.2) is 13.8 Å². The summed E-state index contributed by atoms with van der Waals surface area (Å²) in [7, 11) is 0. The Bertz CT molecular complexity index is 490. The Labute approximate surface area is 85.9 Å². The molecule has 1 heterocycles. The topological polar surface area (TPSA) is 26.0 Å². The summed E-state index contributed by atoms with van der Waals surface area (Å²) in [6.07, 6.45) is -0.213. The van der Waals surface area contributed by atoms with Gasteiger partial charge in [0.1, 0.15) is 5.52 Å². The van der Waals surface area contributed by atoms with Crippen LogP contribution in [0.3, 0.4) is 0 Å². The highest BCUT2D eigenvalue weighted by atomic mass is 19.3. The van der Waals surface area contributed by atoms with Gasteiger partial charge in [-0.05, 0) is 18.2 Å². The standard InChI is InChI=1S/C11H11F2NO/c1-3-11(12,13)8-4-5-10-9(6-8)14-7(2)15-10/h4-6H,3H2,1-2H3. The van der Waals surface area contributed by atoms with Crippen molar-refractivity contribution in [2.45, 2.75) is 26.2 Å². The van der Waals surface area contributed by atoms with Crippen molar-refractivity contribution < 1.29 is 13.2 Å². The summed E-state index contributed by atoms with van der Waals surface area (Å²) >= 11 is 0. The molecule has 0 aliphatic carbocycles. The van der Waals surface area contributed by atoms with E-state index in [-0.39, 0.29) is 12.0 Å². The second kappa shape index (κ2) is 3.29. The van der Waals surface area contributed by atoms with Crippen LogP contribution in [0.25, 0.3) is 11.1 Å². The van der Waals surface area contributed by atoms with Crippen molar-refractivity contribution in [3.05, 3.63) is 29.7 Å². The Hall–Kier alpha value is -1.45. The van der Waals surface area contributed by atoms with Gasteiger partial charge in [-0.3, -0.25) is 0 Å². The normalized spacial score (nSPS) is 12.3. The molecule has 0 fully saturated rings. The van der Waals surface area contributed by atoms with E-state index in [1.165, 1.54) is 25.1 Å². The van der Waals surface area contributed by atoms with E-state index in [1.54, 1.807) is 6.92 Å². The number of hydrogen-bond donors (Lipinski definition) is 0. The Morgan fingerprint density at radius 2 is 2.13 bits per heavy atom. The molecule has 0 spiro atoms. The van der Waals surface area contributed by atoms with E-state index in [0.29, 0.717) is 17.0 Å². The van der Waals surface area contributed by atoms with Crippen LogP contribution in [0.2, 0.25) is 0 Å². The molecule has 1 aromatic heterocycles. The smallest absolute Gasteiger partial charge is 0.273 e. The minimum Gasteiger partial charge on any atom is -0.441 e. The average molecular weight is 211 g/mol. The molecule has 0 radical (unpaired) electrons. The predicted molar refractivity (Wildman–Crippen MR) is 52.9 cm³/mol. The van der Waals surface area contributed by atoms with Gasteiger partial charge in [0.2, 0.25) is 0 Å². The molecule has 0 atom stereocenters. The Morgan fingerprint density at radius 3 is 2.80 bits per heavy atom. The first-order valence-corrected chi connectivity index (χ1v) is 4.78. The van der Waals surface area contributed by atoms with Gasteiger partial charge in [-0.15, -0.1) is 0 Å². The van der Waals surface area contributed by atoms with Crippen LogP contribution in [-0.2, 0) is 5.92 Å². The number of halogens is 2. The monoisotopic (exact) mass is 211 g/mol. The Morgan fingerprint density at radius 1 is 1.40 bits per heavy atom. The van der Waals surface area contributed by atoms with Crippen LogP contribution in [0.1, 0.15) is 24.8 Å². The lowest BCUT2D eigenvalue weighted by atomic mass is 10.1. The molecule has 0 N–H and O–H groups in total. The van der Waals surface area contributed by atoms with Crippen molar-refractivity contribution in [1.29, 1.82) is 0 Å². The highest BCUT2D eigenvalue weighted by molar-refractivity contribution is 5.73. The number of aryl methyl sites for hydroxylation is 1. The Kier molecular flexibility index (Phi) is 2.21. The van der Waals surface area contributed by atoms with Crippen LogP contribution in [-0.4, -0.2) is 4.98 Å². The van der Waals surface area contributed by atoms with E-state index in [0.717, 1.165) is 0 Å². The summed E-state index contributed by atoms with van der Waals surface area (Å²) in [6, 6.07) is 4.31. The number of benzene rings is 1. The molecule has 0 saturated carbocycles. The first-order valence-electron chi connectivity index (χ1n) is 4.78. The number of oxazole rings is 1. The molecule has 15 heavy (non-hydrogen) atoms. The summed E-state index contributed by atoms with van der Waals surface area (Å²) in [5.74, 6) is -2.30. The highest BCUT2D eigenvalue weighted by Gasteiger charge is 2.29. The van der Waals surface area contributed by atoms with Crippen molar-refractivity contribution in [3.8, 4) is 0 Å². The quantitative estimate of drug-likeness (QED) is 0.757. The van der Waals surface area contributed by atoms with Crippen molar-refractivity contribution in [3.63, 3.8) is 0 Å². The molecule has 0 saturated heterocycles. The zero-order chi connectivity index (χ0) is 11.1. The SMILES string of the molecule is CCC(F)(F)c1ccc2oc(C)nc2c1. The van der Waals surface area contributed by atoms with Crippen LogP contribution in [0.5, 0.6) is 0 Å². The van der Waals surface area contributed by atoms with Gasteiger partial charge < -0.3 is 4.42 Å². The molecule has 0 unspecified atom stereocenters. The van der Waals surface area contributed by atoms with Gasteiger partial charge in [0, 0.05) is 18.9 Å². The molecule has 2 nitrogen and oxygen atoms in total. The summed E-state index contributed by atoms with van der Waals surface area (Å²) < 4.78 is 31.9. The average Bonchev–Trinajstić information content (AvgIpc) is 2.56. The zero-order valence-electron chi connectivity index (χ0n) is 8.55. The molecule has 0 bridgehead atoms. The maximum atomic E-state index is 13.4. The number of aromatic nitrogens is 1. The molecule has 2 aromatic rings. The van der Waals surface area contributed by atoms with Crippen molar-refractivity contribution in [1.82, 2.24) is 4.98 Å². The molecule has 80 valence electrons. The lowest BCUT2D eigenvalue weighted by Gasteiger charge is -2.13. The van der Waals surface area contributed by atoms with Crippen LogP contribution < -0.4 is 0 Å². The largest absolute Gasteiger partial charge is 0.441 e. The fourth-order valence-electron chi connectivity index (χ4n) is 1.47. The lowest BCUT2D eigenvalue weighted by Crippen LogP contribution is -2.10. The summed E-state index contributed by atoms with van der Waals surface area (Å²) in [5.41, 5.74) is 1.02. The second-order valence-corrected chi connectivity index (χ2v) is 3.47. The third-order valence-electron chi connectivity index (χ3n) is 2.36. The van der Waals surface area contributed by atoms with E-state index in [2.05, 4.69) is 4.98 Å². The molecule has 0 aliphatic rings. The van der Waals surface area contributed by atoms with Crippen LogP contribution >= 0.6 is 0 Å². The maximum Gasteiger partial charge on any atom is 0.273 e. The number of alkyl halides is 2. The number of rotatable bonds is 2. The first kappa shape index (κ1) is 10.1. The fraction of sp³-hybridized carbons (Fsp3) is 0.364. The Balaban J connectivity index is 2.55. The summed E-state index contributed by atoms with van der Waals surface area (Å²) in [6.45, 7) is 3.15. The second-order valence-electron chi connectivity index (χ2n) is 3.47. The van der Waals surface area contributed by atoms with Gasteiger partial charge >= 0.3 is 0 Å². The summed E-state index contributed by atoms with van der Waals surface area (Å²) in [5, 5.41) is 0. The molecule has 1 aromatic carbocycles. The molecular formula is C11H11F2NO. The molecule has 0 aliphatic heterocycles. The van der Waals surface area contributed by atoms with Crippen molar-refractivity contribution in [2.24, 2.45) is 0 Å². The van der Waals surface area contributed by atoms with Gasteiger partial charge in [0.05, 0.1) is 0 Å². The van der Waals surface area contributed by atoms with Gasteiger partial charge in [-0.1, -0.05) is 6.92 Å².